The minimum absolute atomic E-state index is 0.0395. The molecule has 5 rings (SSSR count). The van der Waals surface area contributed by atoms with E-state index in [1.54, 1.807) is 0 Å². The molecule has 2 heterocycles. The van der Waals surface area contributed by atoms with Crippen LogP contribution >= 0.6 is 0 Å². The first-order valence-corrected chi connectivity index (χ1v) is 12.3. The molecule has 170 valence electrons. The van der Waals surface area contributed by atoms with Gasteiger partial charge in [-0.1, -0.05) is 6.07 Å². The van der Waals surface area contributed by atoms with Crippen molar-refractivity contribution in [1.29, 1.82) is 0 Å². The molecule has 0 radical (unpaired) electrons. The molecule has 0 spiro atoms. The molecule has 1 aliphatic heterocycles. The van der Waals surface area contributed by atoms with E-state index in [2.05, 4.69) is 4.98 Å². The van der Waals surface area contributed by atoms with Crippen LogP contribution in [0.2, 0.25) is 0 Å². The Hall–Kier alpha value is -2.62. The zero-order chi connectivity index (χ0) is 22.7. The van der Waals surface area contributed by atoms with Crippen LogP contribution in [0.1, 0.15) is 58.1 Å². The third kappa shape index (κ3) is 3.74. The van der Waals surface area contributed by atoms with E-state index in [1.165, 1.54) is 23.2 Å². The summed E-state index contributed by atoms with van der Waals surface area (Å²) in [4.78, 5) is 19.1. The number of rotatable bonds is 3. The molecule has 1 saturated carbocycles. The number of pyridine rings is 1. The first-order chi connectivity index (χ1) is 15.1. The summed E-state index contributed by atoms with van der Waals surface area (Å²) in [6.45, 7) is 0.291. The molecule has 6 nitrogen and oxygen atoms in total. The monoisotopic (exact) mass is 466 g/mol. The fourth-order valence-electron chi connectivity index (χ4n) is 5.05. The van der Waals surface area contributed by atoms with Gasteiger partial charge in [0, 0.05) is 24.8 Å². The average Bonchev–Trinajstić information content (AvgIpc) is 3.36. The molecule has 1 aromatic heterocycles. The van der Waals surface area contributed by atoms with Crippen molar-refractivity contribution in [2.24, 2.45) is 0 Å². The van der Waals surface area contributed by atoms with Crippen LogP contribution in [0.15, 0.2) is 30.5 Å². The molecular weight excluding hydrogens is 445 g/mol. The van der Waals surface area contributed by atoms with E-state index in [-0.39, 0.29) is 54.0 Å². The summed E-state index contributed by atoms with van der Waals surface area (Å²) in [6, 6.07) is 4.65. The maximum absolute atomic E-state index is 13.2. The number of carbonyl (C=O) groups excluding carboxylic acids is 1. The van der Waals surface area contributed by atoms with Gasteiger partial charge < -0.3 is 9.64 Å². The van der Waals surface area contributed by atoms with Gasteiger partial charge in [0.1, 0.15) is 5.75 Å². The van der Waals surface area contributed by atoms with Gasteiger partial charge in [-0.15, -0.1) is 0 Å². The third-order valence-corrected chi connectivity index (χ3v) is 8.22. The Balaban J connectivity index is 1.48. The maximum Gasteiger partial charge on any atom is 0.416 e. The van der Waals surface area contributed by atoms with Crippen molar-refractivity contribution in [2.75, 3.05) is 24.6 Å². The van der Waals surface area contributed by atoms with Crippen molar-refractivity contribution >= 4 is 15.7 Å². The van der Waals surface area contributed by atoms with E-state index < -0.39 is 21.6 Å². The maximum atomic E-state index is 13.2. The van der Waals surface area contributed by atoms with Crippen molar-refractivity contribution in [1.82, 2.24) is 9.88 Å². The van der Waals surface area contributed by atoms with Crippen molar-refractivity contribution in [2.45, 2.75) is 37.3 Å². The molecule has 2 bridgehead atoms. The Labute approximate surface area is 183 Å². The number of ether oxygens (including phenoxy) is 1. The largest absolute Gasteiger partial charge is 0.439 e. The fourth-order valence-corrected chi connectivity index (χ4v) is 6.25. The number of hydrogen-bond donors (Lipinski definition) is 0. The summed E-state index contributed by atoms with van der Waals surface area (Å²) >= 11 is 0. The van der Waals surface area contributed by atoms with Crippen molar-refractivity contribution < 1.29 is 31.1 Å². The number of aromatic nitrogens is 1. The molecule has 32 heavy (non-hydrogen) atoms. The van der Waals surface area contributed by atoms with Crippen LogP contribution in [0.3, 0.4) is 0 Å². The lowest BCUT2D eigenvalue weighted by Gasteiger charge is -2.29. The Bertz CT molecular complexity index is 1180. The van der Waals surface area contributed by atoms with Crippen LogP contribution in [0, 0.1) is 0 Å². The van der Waals surface area contributed by atoms with Crippen molar-refractivity contribution in [3.8, 4) is 11.6 Å². The molecule has 2 unspecified atom stereocenters. The number of fused-ring (bicyclic) bond motifs is 5. The number of amides is 1. The van der Waals surface area contributed by atoms with Crippen LogP contribution in [0.5, 0.6) is 11.6 Å². The molecule has 2 aromatic rings. The topological polar surface area (TPSA) is 76.6 Å². The predicted octanol–water partition coefficient (Wildman–Crippen LogP) is 4.13. The number of sulfone groups is 1. The Morgan fingerprint density at radius 1 is 1.09 bits per heavy atom. The van der Waals surface area contributed by atoms with E-state index in [4.69, 9.17) is 4.74 Å². The molecular formula is C22H21F3N2O4S. The second kappa shape index (κ2) is 7.47. The Kier molecular flexibility index (Phi) is 4.96. The molecule has 3 aliphatic rings. The number of carbonyl (C=O) groups is 1. The van der Waals surface area contributed by atoms with Gasteiger partial charge in [0.15, 0.2) is 9.84 Å². The van der Waals surface area contributed by atoms with Gasteiger partial charge in [-0.05, 0) is 54.9 Å². The molecule has 0 N–H and O–H groups in total. The third-order valence-electron chi connectivity index (χ3n) is 6.61. The SMILES string of the molecule is O=C(c1cnc(Oc2cccc(C(F)(F)F)c2)c2c1C1CCC2C1)N1CCS(=O)(=O)CC1. The van der Waals surface area contributed by atoms with Crippen LogP contribution in [0.4, 0.5) is 13.2 Å². The van der Waals surface area contributed by atoms with Gasteiger partial charge in [-0.25, -0.2) is 13.4 Å². The van der Waals surface area contributed by atoms with E-state index in [0.717, 1.165) is 42.5 Å². The number of halogens is 3. The normalized spacial score (nSPS) is 23.8. The van der Waals surface area contributed by atoms with Crippen LogP contribution in [0.25, 0.3) is 0 Å². The van der Waals surface area contributed by atoms with E-state index in [1.807, 2.05) is 0 Å². The van der Waals surface area contributed by atoms with Crippen LogP contribution in [-0.2, 0) is 16.0 Å². The average molecular weight is 466 g/mol. The van der Waals surface area contributed by atoms with Gasteiger partial charge in [0.05, 0.1) is 22.6 Å². The van der Waals surface area contributed by atoms with Gasteiger partial charge in [0.2, 0.25) is 5.88 Å². The summed E-state index contributed by atoms with van der Waals surface area (Å²) in [5, 5.41) is 0. The highest BCUT2D eigenvalue weighted by Crippen LogP contribution is 2.57. The van der Waals surface area contributed by atoms with Gasteiger partial charge in [-0.2, -0.15) is 13.2 Å². The van der Waals surface area contributed by atoms with Crippen LogP contribution < -0.4 is 4.74 Å². The molecule has 1 amide bonds. The quantitative estimate of drug-likeness (QED) is 0.680. The second-order valence-corrected chi connectivity index (χ2v) is 10.9. The summed E-state index contributed by atoms with van der Waals surface area (Å²) in [5.74, 6) is 0.241. The number of benzene rings is 1. The lowest BCUT2D eigenvalue weighted by Crippen LogP contribution is -2.44. The summed E-state index contributed by atoms with van der Waals surface area (Å²) in [6.07, 6.45) is -0.355. The summed E-state index contributed by atoms with van der Waals surface area (Å²) < 4.78 is 68.4. The van der Waals surface area contributed by atoms with Gasteiger partial charge >= 0.3 is 6.18 Å². The second-order valence-electron chi connectivity index (χ2n) is 8.58. The zero-order valence-electron chi connectivity index (χ0n) is 17.1. The molecule has 2 atom stereocenters. The Morgan fingerprint density at radius 2 is 1.78 bits per heavy atom. The first-order valence-electron chi connectivity index (χ1n) is 10.5. The predicted molar refractivity (Wildman–Crippen MR) is 110 cm³/mol. The molecule has 10 heteroatoms. The zero-order valence-corrected chi connectivity index (χ0v) is 17.9. The fraction of sp³-hybridized carbons (Fsp3) is 0.455. The van der Waals surface area contributed by atoms with Crippen LogP contribution in [-0.4, -0.2) is 48.8 Å². The highest BCUT2D eigenvalue weighted by Gasteiger charge is 2.43. The standard InChI is InChI=1S/C22H21F3N2O4S/c23-22(24,25)15-2-1-3-16(11-15)31-20-19-14-5-4-13(10-14)18(19)17(12-26-20)21(28)27-6-8-32(29,30)9-7-27/h1-3,11-14H,4-10H2. The first kappa shape index (κ1) is 21.2. The molecule has 1 saturated heterocycles. The van der Waals surface area contributed by atoms with Gasteiger partial charge in [-0.3, -0.25) is 4.79 Å². The van der Waals surface area contributed by atoms with E-state index in [9.17, 15) is 26.4 Å². The minimum Gasteiger partial charge on any atom is -0.439 e. The smallest absolute Gasteiger partial charge is 0.416 e. The highest BCUT2D eigenvalue weighted by atomic mass is 32.2. The van der Waals surface area contributed by atoms with E-state index >= 15 is 0 Å². The number of alkyl halides is 3. The molecule has 2 aliphatic carbocycles. The summed E-state index contributed by atoms with van der Waals surface area (Å²) in [5.41, 5.74) is 1.30. The lowest BCUT2D eigenvalue weighted by atomic mass is 9.89. The van der Waals surface area contributed by atoms with Crippen molar-refractivity contribution in [3.63, 3.8) is 0 Å². The lowest BCUT2D eigenvalue weighted by molar-refractivity contribution is -0.137. The van der Waals surface area contributed by atoms with Gasteiger partial charge in [0.25, 0.3) is 5.91 Å². The molecule has 2 fully saturated rings. The number of nitrogens with zero attached hydrogens (tertiary/aromatic N) is 2. The number of hydrogen-bond acceptors (Lipinski definition) is 5. The highest BCUT2D eigenvalue weighted by molar-refractivity contribution is 7.91. The summed E-state index contributed by atoms with van der Waals surface area (Å²) in [7, 11) is -3.12. The molecule has 1 aromatic carbocycles. The Morgan fingerprint density at radius 3 is 2.47 bits per heavy atom. The van der Waals surface area contributed by atoms with Crippen molar-refractivity contribution in [3.05, 3.63) is 52.7 Å². The van der Waals surface area contributed by atoms with E-state index in [0.29, 0.717) is 5.56 Å². The minimum atomic E-state index is -4.48.